The zero-order valence-corrected chi connectivity index (χ0v) is 14.0. The summed E-state index contributed by atoms with van der Waals surface area (Å²) >= 11 is 1.29. The lowest BCUT2D eigenvalue weighted by atomic mass is 9.85. The summed E-state index contributed by atoms with van der Waals surface area (Å²) in [7, 11) is 0. The molecule has 7 heteroatoms. The second-order valence-electron chi connectivity index (χ2n) is 5.80. The van der Waals surface area contributed by atoms with Crippen LogP contribution in [0.15, 0.2) is 17.5 Å². The van der Waals surface area contributed by atoms with Crippen LogP contribution in [0, 0.1) is 5.92 Å². The van der Waals surface area contributed by atoms with Gasteiger partial charge in [0.05, 0.1) is 16.8 Å². The molecule has 0 aliphatic rings. The van der Waals surface area contributed by atoms with E-state index in [9.17, 15) is 14.4 Å². The van der Waals surface area contributed by atoms with Gasteiger partial charge in [0.25, 0.3) is 5.91 Å². The van der Waals surface area contributed by atoms with Crippen molar-refractivity contribution >= 4 is 29.1 Å². The number of carbonyl (C=O) groups excluding carboxylic acids is 2. The van der Waals surface area contributed by atoms with Gasteiger partial charge in [0.15, 0.2) is 0 Å². The van der Waals surface area contributed by atoms with E-state index in [4.69, 9.17) is 5.11 Å². The van der Waals surface area contributed by atoms with Gasteiger partial charge in [-0.05, 0) is 31.2 Å². The van der Waals surface area contributed by atoms with E-state index < -0.39 is 23.5 Å². The standard InChI is InChI=1S/C15H22N2O4S/c1-9(2)15(4,8-12(18)19)17-13(20)10(3)16-14(21)11-6-5-7-22-11/h5-7,9-10H,8H2,1-4H3,(H,16,21)(H,17,20)(H,18,19). The van der Waals surface area contributed by atoms with E-state index in [-0.39, 0.29) is 18.2 Å². The largest absolute Gasteiger partial charge is 0.481 e. The minimum atomic E-state index is -0.980. The highest BCUT2D eigenvalue weighted by molar-refractivity contribution is 7.12. The van der Waals surface area contributed by atoms with E-state index in [0.717, 1.165) is 0 Å². The van der Waals surface area contributed by atoms with Crippen LogP contribution in [0.3, 0.4) is 0 Å². The van der Waals surface area contributed by atoms with Crippen molar-refractivity contribution in [3.05, 3.63) is 22.4 Å². The van der Waals surface area contributed by atoms with E-state index in [0.29, 0.717) is 4.88 Å². The Labute approximate surface area is 133 Å². The van der Waals surface area contributed by atoms with Crippen LogP contribution in [0.4, 0.5) is 0 Å². The predicted octanol–water partition coefficient (Wildman–Crippen LogP) is 1.87. The summed E-state index contributed by atoms with van der Waals surface area (Å²) in [5.41, 5.74) is -0.870. The Bertz CT molecular complexity index is 542. The van der Waals surface area contributed by atoms with Gasteiger partial charge in [-0.1, -0.05) is 19.9 Å². The number of thiophene rings is 1. The van der Waals surface area contributed by atoms with Gasteiger partial charge in [0.1, 0.15) is 6.04 Å². The molecule has 1 aromatic rings. The Hall–Kier alpha value is -1.89. The monoisotopic (exact) mass is 326 g/mol. The molecule has 1 rings (SSSR count). The molecule has 2 amide bonds. The number of aliphatic carboxylic acids is 1. The van der Waals surface area contributed by atoms with Crippen molar-refractivity contribution in [2.75, 3.05) is 0 Å². The second-order valence-corrected chi connectivity index (χ2v) is 6.75. The maximum Gasteiger partial charge on any atom is 0.305 e. The SMILES string of the molecule is CC(NC(=O)c1cccs1)C(=O)NC(C)(CC(=O)O)C(C)C. The van der Waals surface area contributed by atoms with Gasteiger partial charge in [0.2, 0.25) is 5.91 Å². The third-order valence-electron chi connectivity index (χ3n) is 3.69. The van der Waals surface area contributed by atoms with Crippen LogP contribution in [-0.4, -0.2) is 34.5 Å². The Morgan fingerprint density at radius 1 is 1.32 bits per heavy atom. The molecular weight excluding hydrogens is 304 g/mol. The molecule has 1 heterocycles. The highest BCUT2D eigenvalue weighted by atomic mass is 32.1. The van der Waals surface area contributed by atoms with Crippen molar-refractivity contribution in [2.45, 2.75) is 45.7 Å². The summed E-state index contributed by atoms with van der Waals surface area (Å²) in [5.74, 6) is -1.76. The molecule has 6 nitrogen and oxygen atoms in total. The molecule has 3 N–H and O–H groups in total. The summed E-state index contributed by atoms with van der Waals surface area (Å²) < 4.78 is 0. The average molecular weight is 326 g/mol. The number of hydrogen-bond acceptors (Lipinski definition) is 4. The fraction of sp³-hybridized carbons (Fsp3) is 0.533. The molecule has 0 aliphatic heterocycles. The van der Waals surface area contributed by atoms with Crippen LogP contribution in [0.1, 0.15) is 43.8 Å². The normalized spacial score (nSPS) is 15.0. The van der Waals surface area contributed by atoms with Gasteiger partial charge in [-0.25, -0.2) is 0 Å². The Morgan fingerprint density at radius 3 is 2.41 bits per heavy atom. The molecule has 1 aromatic heterocycles. The molecule has 0 aromatic carbocycles. The fourth-order valence-corrected chi connectivity index (χ4v) is 2.46. The van der Waals surface area contributed by atoms with Gasteiger partial charge < -0.3 is 15.7 Å². The number of carbonyl (C=O) groups is 3. The van der Waals surface area contributed by atoms with Crippen molar-refractivity contribution in [3.63, 3.8) is 0 Å². The topological polar surface area (TPSA) is 95.5 Å². The molecule has 0 bridgehead atoms. The van der Waals surface area contributed by atoms with E-state index in [1.807, 2.05) is 13.8 Å². The Kier molecular flexibility index (Phi) is 6.11. The molecule has 122 valence electrons. The number of hydrogen-bond donors (Lipinski definition) is 3. The van der Waals surface area contributed by atoms with Crippen molar-refractivity contribution in [1.29, 1.82) is 0 Å². The molecule has 0 aliphatic carbocycles. The summed E-state index contributed by atoms with van der Waals surface area (Å²) in [4.78, 5) is 35.7. The van der Waals surface area contributed by atoms with Gasteiger partial charge in [-0.3, -0.25) is 14.4 Å². The minimum absolute atomic E-state index is 0.0623. The zero-order chi connectivity index (χ0) is 16.9. The quantitative estimate of drug-likeness (QED) is 0.713. The summed E-state index contributed by atoms with van der Waals surface area (Å²) in [6, 6.07) is 2.68. The van der Waals surface area contributed by atoms with Crippen molar-refractivity contribution < 1.29 is 19.5 Å². The number of nitrogens with one attached hydrogen (secondary N) is 2. The van der Waals surface area contributed by atoms with Crippen molar-refractivity contribution in [3.8, 4) is 0 Å². The number of carboxylic acid groups (broad SMARTS) is 1. The van der Waals surface area contributed by atoms with Crippen molar-refractivity contribution in [2.24, 2.45) is 5.92 Å². The van der Waals surface area contributed by atoms with E-state index >= 15 is 0 Å². The Morgan fingerprint density at radius 2 is 1.95 bits per heavy atom. The van der Waals surface area contributed by atoms with Crippen LogP contribution in [-0.2, 0) is 9.59 Å². The number of amides is 2. The van der Waals surface area contributed by atoms with E-state index in [1.165, 1.54) is 11.3 Å². The van der Waals surface area contributed by atoms with Gasteiger partial charge in [-0.15, -0.1) is 11.3 Å². The van der Waals surface area contributed by atoms with Crippen LogP contribution in [0.25, 0.3) is 0 Å². The van der Waals surface area contributed by atoms with Crippen LogP contribution in [0.5, 0.6) is 0 Å². The molecule has 0 fully saturated rings. The van der Waals surface area contributed by atoms with Crippen molar-refractivity contribution in [1.82, 2.24) is 10.6 Å². The van der Waals surface area contributed by atoms with E-state index in [1.54, 1.807) is 31.4 Å². The molecule has 2 atom stereocenters. The van der Waals surface area contributed by atoms with Gasteiger partial charge in [-0.2, -0.15) is 0 Å². The first-order chi connectivity index (χ1) is 10.2. The highest BCUT2D eigenvalue weighted by Gasteiger charge is 2.34. The second kappa shape index (κ2) is 7.40. The molecule has 2 unspecified atom stereocenters. The summed E-state index contributed by atoms with van der Waals surface area (Å²) in [6.07, 6.45) is -0.179. The predicted molar refractivity (Wildman–Crippen MR) is 84.9 cm³/mol. The average Bonchev–Trinajstić information content (AvgIpc) is 2.90. The third-order valence-corrected chi connectivity index (χ3v) is 4.56. The first kappa shape index (κ1) is 18.2. The van der Waals surface area contributed by atoms with Gasteiger partial charge in [0, 0.05) is 0 Å². The maximum absolute atomic E-state index is 12.2. The Balaban J connectivity index is 2.69. The van der Waals surface area contributed by atoms with Crippen LogP contribution >= 0.6 is 11.3 Å². The van der Waals surface area contributed by atoms with Crippen LogP contribution in [0.2, 0.25) is 0 Å². The van der Waals surface area contributed by atoms with Crippen LogP contribution < -0.4 is 10.6 Å². The minimum Gasteiger partial charge on any atom is -0.481 e. The maximum atomic E-state index is 12.2. The molecule has 0 radical (unpaired) electrons. The lowest BCUT2D eigenvalue weighted by molar-refractivity contribution is -0.139. The number of carboxylic acids is 1. The smallest absolute Gasteiger partial charge is 0.305 e. The highest BCUT2D eigenvalue weighted by Crippen LogP contribution is 2.21. The summed E-state index contributed by atoms with van der Waals surface area (Å²) in [5, 5.41) is 16.1. The lowest BCUT2D eigenvalue weighted by Gasteiger charge is -2.34. The first-order valence-electron chi connectivity index (χ1n) is 7.04. The van der Waals surface area contributed by atoms with Gasteiger partial charge >= 0.3 is 5.97 Å². The molecule has 0 spiro atoms. The fourth-order valence-electron chi connectivity index (χ4n) is 1.84. The molecule has 22 heavy (non-hydrogen) atoms. The van der Waals surface area contributed by atoms with E-state index in [2.05, 4.69) is 10.6 Å². The lowest BCUT2D eigenvalue weighted by Crippen LogP contribution is -2.56. The molecular formula is C15H22N2O4S. The number of rotatable bonds is 7. The molecule has 0 saturated carbocycles. The zero-order valence-electron chi connectivity index (χ0n) is 13.2. The summed E-state index contributed by atoms with van der Waals surface area (Å²) in [6.45, 7) is 6.95. The molecule has 0 saturated heterocycles. The third kappa shape index (κ3) is 4.84. The first-order valence-corrected chi connectivity index (χ1v) is 7.92.